The Morgan fingerprint density at radius 1 is 0.789 bits per heavy atom. The average Bonchev–Trinajstić information content (AvgIpc) is 1.38. The molecule has 21 rings (SSSR count). The number of fused-ring (bicyclic) bond motifs is 11. The van der Waals surface area contributed by atoms with Crippen LogP contribution in [0, 0.1) is 92.2 Å². The van der Waals surface area contributed by atoms with Gasteiger partial charge in [-0.1, -0.05) is 88.7 Å². The molecule has 3 saturated heterocycles. The summed E-state index contributed by atoms with van der Waals surface area (Å²) in [4.78, 5) is 19.8. The third-order valence-corrected chi connectivity index (χ3v) is 33.2. The SMILES string of the molecule is CN[C@H]1CSSC[C@@H]2c3cc(O)ccc3[C@]34[C@H](CC[C@@]35[C@@H](O)[C@H]1C[C@H]1[C@H]3C[C@]6([C@H](O)[C@]7(O)O[C@@H](C(=O)Oc8c(CO)[nH]c9ccc%10cc%11ccccc%11cc%10c89)[C@H](O[C@@H]15)[C@]37O)[C@]13CC[C@]65CCC[C@@H]5C=C[C@@H]1[C@@]15CC[C@@H](C1)[C@@H](OC)C=C[C@@H]5C3)C[C@@H]1CC[C@@H]2[C@@H]14. The highest BCUT2D eigenvalue weighted by Crippen LogP contribution is 2.89. The van der Waals surface area contributed by atoms with E-state index in [-0.39, 0.29) is 70.5 Å². The van der Waals surface area contributed by atoms with Gasteiger partial charge >= 0.3 is 5.97 Å². The molecule has 15 heteroatoms. The molecule has 12 fully saturated rings. The Labute approximate surface area is 533 Å². The summed E-state index contributed by atoms with van der Waals surface area (Å²) in [6.07, 6.45) is 17.9. The molecule has 4 aliphatic heterocycles. The zero-order valence-corrected chi connectivity index (χ0v) is 53.2. The standard InChI is InChI=1S/C75H86N2O11S2/c1-76-56-36-90-89-35-51-46-14-9-40-27-43-20-23-71(73(43,60(40)46)52-15-13-45(79)29-48(51)52)63(80)50(56)30-49-53-33-72(69-21-5-8-42(69)12-18-58-68-22-19-41(31-68)57(85-2)17-11-44(68)32-70(58,72)25-24-69)67(82)75(84)74(53,83)65(87-64(49)71)62(88-75)66(81)86-61-55(34-78)77-54-16-10-39-26-37-6-3-4-7-38(37)28-47(39)59(54)61/h3-4,6-7,10-13,15-18,26,28-29,40-44,46,49-51,53,56-58,60,62-65,67,76-80,82-84H,5,8-9,14,19-25,27,30-36H2,1-2H3/t40-,41-,42+,43+,44+,46-,49-,50-,51-,53+,56-,57-,58+,60+,62+,63-,64-,65-,67-,68-,69-,70-,71-,72+,73-,74+,75-/m0/s1. The van der Waals surface area contributed by atoms with Gasteiger partial charge in [0.15, 0.2) is 17.5 Å². The van der Waals surface area contributed by atoms with Crippen molar-refractivity contribution in [2.24, 2.45) is 92.2 Å². The van der Waals surface area contributed by atoms with E-state index in [0.717, 1.165) is 117 Å². The smallest absolute Gasteiger partial charge is 0.343 e. The number of aliphatic hydroxyl groups excluding tert-OH is 3. The zero-order chi connectivity index (χ0) is 60.6. The summed E-state index contributed by atoms with van der Waals surface area (Å²) in [5.41, 5.74) is -2.50. The Morgan fingerprint density at radius 3 is 2.47 bits per heavy atom. The average molecular weight is 1260 g/mol. The minimum Gasteiger partial charge on any atom is -0.508 e. The molecule has 5 heterocycles. The number of H-pyrrole nitrogens is 1. The fraction of sp³-hybridized carbons (Fsp3) is 0.640. The molecule has 4 aromatic carbocycles. The lowest BCUT2D eigenvalue weighted by Crippen LogP contribution is -2.83. The van der Waals surface area contributed by atoms with Gasteiger partial charge in [0.25, 0.3) is 0 Å². The van der Waals surface area contributed by atoms with Crippen LogP contribution in [0.25, 0.3) is 32.4 Å². The van der Waals surface area contributed by atoms with Gasteiger partial charge in [0.1, 0.15) is 18.0 Å². The molecule has 1 aromatic heterocycles. The predicted molar refractivity (Wildman–Crippen MR) is 344 cm³/mol. The number of methoxy groups -OCH3 is 1. The summed E-state index contributed by atoms with van der Waals surface area (Å²) < 4.78 is 28.7. The molecule has 0 amide bonds. The lowest BCUT2D eigenvalue weighted by atomic mass is 9.36. The fourth-order valence-corrected chi connectivity index (χ4v) is 31.0. The minimum absolute atomic E-state index is 0.0438. The molecule has 0 unspecified atom stereocenters. The van der Waals surface area contributed by atoms with E-state index in [0.29, 0.717) is 53.6 Å². The third-order valence-electron chi connectivity index (χ3n) is 30.7. The van der Waals surface area contributed by atoms with E-state index < -0.39 is 93.4 Å². The van der Waals surface area contributed by atoms with Crippen molar-refractivity contribution in [2.75, 3.05) is 25.7 Å². The van der Waals surface area contributed by atoms with Crippen molar-refractivity contribution in [2.45, 2.75) is 175 Å². The van der Waals surface area contributed by atoms with Crippen molar-refractivity contribution in [3.05, 3.63) is 108 Å². The van der Waals surface area contributed by atoms with Gasteiger partial charge in [-0.05, 0) is 242 Å². The number of aromatic hydroxyl groups is 1. The van der Waals surface area contributed by atoms with E-state index in [1.54, 1.807) is 0 Å². The van der Waals surface area contributed by atoms with Crippen LogP contribution in [0.15, 0.2) is 91.0 Å². The molecule has 16 aliphatic rings. The first-order chi connectivity index (χ1) is 43.7. The summed E-state index contributed by atoms with van der Waals surface area (Å²) in [7, 11) is 7.72. The largest absolute Gasteiger partial charge is 0.508 e. The molecule has 27 atom stereocenters. The monoisotopic (exact) mass is 1250 g/mol. The Kier molecular flexibility index (Phi) is 11.7. The van der Waals surface area contributed by atoms with E-state index in [9.17, 15) is 25.5 Å². The summed E-state index contributed by atoms with van der Waals surface area (Å²) >= 11 is 0. The van der Waals surface area contributed by atoms with Crippen molar-refractivity contribution in [1.29, 1.82) is 0 Å². The zero-order valence-electron chi connectivity index (χ0n) is 51.6. The summed E-state index contributed by atoms with van der Waals surface area (Å²) in [6.45, 7) is -0.470. The molecule has 0 radical (unpaired) electrons. The van der Waals surface area contributed by atoms with Gasteiger partial charge in [0, 0.05) is 52.7 Å². The summed E-state index contributed by atoms with van der Waals surface area (Å²) in [5.74, 6) is -0.788. The number of aliphatic hydroxyl groups is 5. The molecule has 9 saturated carbocycles. The van der Waals surface area contributed by atoms with E-state index >= 15 is 9.90 Å². The van der Waals surface area contributed by atoms with Gasteiger partial charge < -0.3 is 59.9 Å². The van der Waals surface area contributed by atoms with Crippen molar-refractivity contribution in [3.8, 4) is 11.5 Å². The van der Waals surface area contributed by atoms with Crippen molar-refractivity contribution < 1.29 is 54.4 Å². The molecular formula is C75H86N2O11S2. The van der Waals surface area contributed by atoms with Crippen LogP contribution in [0.4, 0.5) is 0 Å². The van der Waals surface area contributed by atoms with E-state index in [4.69, 9.17) is 18.9 Å². The molecule has 90 heavy (non-hydrogen) atoms. The van der Waals surface area contributed by atoms with Gasteiger partial charge in [-0.2, -0.15) is 0 Å². The van der Waals surface area contributed by atoms with Crippen LogP contribution in [-0.2, 0) is 31.0 Å². The number of phenols is 1. The van der Waals surface area contributed by atoms with Crippen LogP contribution in [-0.4, -0.2) is 121 Å². The van der Waals surface area contributed by atoms with E-state index in [1.165, 1.54) is 11.1 Å². The first kappa shape index (κ1) is 56.4. The lowest BCUT2D eigenvalue weighted by molar-refractivity contribution is -0.411. The third kappa shape index (κ3) is 6.23. The second-order valence-electron chi connectivity index (χ2n) is 32.2. The highest BCUT2D eigenvalue weighted by atomic mass is 33.1. The summed E-state index contributed by atoms with van der Waals surface area (Å²) in [6, 6.07) is 22.4. The maximum atomic E-state index is 16.5. The van der Waals surface area contributed by atoms with Gasteiger partial charge in [-0.25, -0.2) is 4.79 Å². The minimum atomic E-state index is -2.72. The number of phenolic OH excluding ortho intramolecular Hbond substituents is 1. The number of aromatic amines is 1. The van der Waals surface area contributed by atoms with Crippen LogP contribution in [0.2, 0.25) is 0 Å². The second kappa shape index (κ2) is 18.7. The molecular weight excluding hydrogens is 1170 g/mol. The molecule has 8 bridgehead atoms. The van der Waals surface area contributed by atoms with Gasteiger partial charge in [-0.3, -0.25) is 0 Å². The van der Waals surface area contributed by atoms with E-state index in [2.05, 4.69) is 71.0 Å². The topological polar surface area (TPSA) is 203 Å². The number of hydrogen-bond acceptors (Lipinski definition) is 14. The number of hydrogen-bond donors (Lipinski definition) is 8. The maximum absolute atomic E-state index is 16.5. The lowest BCUT2D eigenvalue weighted by Gasteiger charge is -2.72. The Morgan fingerprint density at radius 2 is 1.62 bits per heavy atom. The highest BCUT2D eigenvalue weighted by molar-refractivity contribution is 8.76. The predicted octanol–water partition coefficient (Wildman–Crippen LogP) is 11.1. The van der Waals surface area contributed by atoms with Gasteiger partial charge in [-0.15, -0.1) is 0 Å². The molecule has 13 nitrogen and oxygen atoms in total. The molecule has 5 aromatic rings. The Hall–Kier alpha value is -3.97. The molecule has 12 aliphatic carbocycles. The number of nitrogens with one attached hydrogen (secondary N) is 2. The number of carbonyl (C=O) groups is 1. The highest BCUT2D eigenvalue weighted by Gasteiger charge is 2.91. The number of carbonyl (C=O) groups excluding carboxylic acids is 1. The Bertz CT molecular complexity index is 3970. The molecule has 474 valence electrons. The Balaban J connectivity index is 0.827. The number of ether oxygens (including phenoxy) is 4. The number of benzene rings is 4. The van der Waals surface area contributed by atoms with Crippen molar-refractivity contribution >= 4 is 60.0 Å². The normalized spacial score (nSPS) is 50.7. The van der Waals surface area contributed by atoms with Crippen LogP contribution in [0.1, 0.15) is 125 Å². The number of rotatable bonds is 5. The second-order valence-corrected chi connectivity index (χ2v) is 34.8. The number of esters is 1. The molecule has 6 spiro atoms. The van der Waals surface area contributed by atoms with Gasteiger partial charge in [0.2, 0.25) is 5.79 Å². The van der Waals surface area contributed by atoms with E-state index in [1.807, 2.05) is 66.1 Å². The first-order valence-electron chi connectivity index (χ1n) is 34.8. The maximum Gasteiger partial charge on any atom is 0.343 e. The number of aromatic nitrogens is 1. The van der Waals surface area contributed by atoms with Crippen LogP contribution < -0.4 is 10.1 Å². The van der Waals surface area contributed by atoms with Crippen molar-refractivity contribution in [3.63, 3.8) is 0 Å². The van der Waals surface area contributed by atoms with Crippen molar-refractivity contribution in [1.82, 2.24) is 10.3 Å². The summed E-state index contributed by atoms with van der Waals surface area (Å²) in [5, 5.41) is 90.7. The van der Waals surface area contributed by atoms with Gasteiger partial charge in [0.05, 0.1) is 41.5 Å². The quantitative estimate of drug-likeness (QED) is 0.0357. The van der Waals surface area contributed by atoms with Crippen LogP contribution >= 0.6 is 21.6 Å². The van der Waals surface area contributed by atoms with Crippen LogP contribution in [0.3, 0.4) is 0 Å². The fourth-order valence-electron chi connectivity index (χ4n) is 28.3. The van der Waals surface area contributed by atoms with Crippen LogP contribution in [0.5, 0.6) is 11.5 Å². The first-order valence-corrected chi connectivity index (χ1v) is 37.3. The number of allylic oxidation sites excluding steroid dienone is 3. The molecule has 8 N–H and O–H groups in total.